The van der Waals surface area contributed by atoms with Crippen molar-refractivity contribution in [3.63, 3.8) is 0 Å². The van der Waals surface area contributed by atoms with Gasteiger partial charge < -0.3 is 19.9 Å². The number of aromatic nitrogens is 1. The SMILES string of the molecule is COCCNC(=O)c1cccc(NC(=O)c2cc(C)no2)c1. The van der Waals surface area contributed by atoms with Gasteiger partial charge in [0.05, 0.1) is 12.3 Å². The number of amides is 2. The number of hydrogen-bond acceptors (Lipinski definition) is 5. The lowest BCUT2D eigenvalue weighted by atomic mass is 10.2. The molecule has 2 aromatic rings. The van der Waals surface area contributed by atoms with E-state index >= 15 is 0 Å². The van der Waals surface area contributed by atoms with E-state index in [1.807, 2.05) is 0 Å². The molecule has 0 saturated carbocycles. The minimum Gasteiger partial charge on any atom is -0.383 e. The fourth-order valence-electron chi connectivity index (χ4n) is 1.77. The minimum atomic E-state index is -0.419. The quantitative estimate of drug-likeness (QED) is 0.791. The summed E-state index contributed by atoms with van der Waals surface area (Å²) >= 11 is 0. The molecule has 1 aromatic carbocycles. The normalized spacial score (nSPS) is 10.3. The molecule has 0 unspecified atom stereocenters. The Labute approximate surface area is 127 Å². The van der Waals surface area contributed by atoms with Crippen LogP contribution in [0, 0.1) is 6.92 Å². The first-order valence-corrected chi connectivity index (χ1v) is 6.72. The molecule has 7 nitrogen and oxygen atoms in total. The van der Waals surface area contributed by atoms with Crippen LogP contribution < -0.4 is 10.6 Å². The molecule has 2 rings (SSSR count). The molecule has 0 spiro atoms. The van der Waals surface area contributed by atoms with E-state index in [1.165, 1.54) is 6.07 Å². The van der Waals surface area contributed by atoms with Gasteiger partial charge in [-0.2, -0.15) is 0 Å². The molecule has 0 aliphatic rings. The smallest absolute Gasteiger partial charge is 0.294 e. The summed E-state index contributed by atoms with van der Waals surface area (Å²) in [5.41, 5.74) is 1.57. The molecular formula is C15H17N3O4. The summed E-state index contributed by atoms with van der Waals surface area (Å²) in [4.78, 5) is 23.9. The summed E-state index contributed by atoms with van der Waals surface area (Å²) < 4.78 is 9.75. The van der Waals surface area contributed by atoms with Crippen molar-refractivity contribution >= 4 is 17.5 Å². The molecule has 0 radical (unpaired) electrons. The maximum absolute atomic E-state index is 12.0. The Bertz CT molecular complexity index is 666. The van der Waals surface area contributed by atoms with Gasteiger partial charge in [0.25, 0.3) is 11.8 Å². The van der Waals surface area contributed by atoms with Gasteiger partial charge in [-0.05, 0) is 25.1 Å². The molecule has 1 heterocycles. The van der Waals surface area contributed by atoms with E-state index in [2.05, 4.69) is 15.8 Å². The molecule has 0 saturated heterocycles. The zero-order valence-corrected chi connectivity index (χ0v) is 12.4. The molecule has 2 amide bonds. The second-order valence-corrected chi connectivity index (χ2v) is 4.62. The fraction of sp³-hybridized carbons (Fsp3) is 0.267. The van der Waals surface area contributed by atoms with Gasteiger partial charge >= 0.3 is 0 Å². The van der Waals surface area contributed by atoms with E-state index in [9.17, 15) is 9.59 Å². The summed E-state index contributed by atoms with van der Waals surface area (Å²) in [5.74, 6) is -0.534. The van der Waals surface area contributed by atoms with Crippen LogP contribution in [0.25, 0.3) is 0 Å². The first kappa shape index (κ1) is 15.7. The van der Waals surface area contributed by atoms with E-state index in [0.717, 1.165) is 0 Å². The largest absolute Gasteiger partial charge is 0.383 e. The number of ether oxygens (including phenoxy) is 1. The predicted octanol–water partition coefficient (Wildman–Crippen LogP) is 1.61. The zero-order valence-electron chi connectivity index (χ0n) is 12.4. The highest BCUT2D eigenvalue weighted by molar-refractivity contribution is 6.03. The van der Waals surface area contributed by atoms with Crippen molar-refractivity contribution in [1.82, 2.24) is 10.5 Å². The predicted molar refractivity (Wildman–Crippen MR) is 79.8 cm³/mol. The number of carbonyl (C=O) groups excluding carboxylic acids is 2. The molecule has 0 bridgehead atoms. The first-order valence-electron chi connectivity index (χ1n) is 6.72. The molecule has 7 heteroatoms. The Morgan fingerprint density at radius 3 is 2.77 bits per heavy atom. The van der Waals surface area contributed by atoms with Gasteiger partial charge in [-0.15, -0.1) is 0 Å². The van der Waals surface area contributed by atoms with Crippen molar-refractivity contribution < 1.29 is 18.8 Å². The molecule has 2 N–H and O–H groups in total. The lowest BCUT2D eigenvalue weighted by Crippen LogP contribution is -2.27. The highest BCUT2D eigenvalue weighted by Gasteiger charge is 2.13. The second-order valence-electron chi connectivity index (χ2n) is 4.62. The fourth-order valence-corrected chi connectivity index (χ4v) is 1.77. The van der Waals surface area contributed by atoms with Gasteiger partial charge in [0.2, 0.25) is 5.76 Å². The maximum Gasteiger partial charge on any atom is 0.294 e. The van der Waals surface area contributed by atoms with Gasteiger partial charge in [0.15, 0.2) is 0 Å². The van der Waals surface area contributed by atoms with E-state index in [-0.39, 0.29) is 11.7 Å². The topological polar surface area (TPSA) is 93.5 Å². The van der Waals surface area contributed by atoms with Gasteiger partial charge in [0.1, 0.15) is 0 Å². The average Bonchev–Trinajstić information content (AvgIpc) is 2.94. The molecule has 0 aliphatic heterocycles. The third-order valence-electron chi connectivity index (χ3n) is 2.83. The Balaban J connectivity index is 2.02. The standard InChI is InChI=1S/C15H17N3O4/c1-10-8-13(22-18-10)15(20)17-12-5-3-4-11(9-12)14(19)16-6-7-21-2/h3-5,8-9H,6-7H2,1-2H3,(H,16,19)(H,17,20). The molecule has 22 heavy (non-hydrogen) atoms. The third kappa shape index (κ3) is 4.16. The lowest BCUT2D eigenvalue weighted by molar-refractivity contribution is 0.0935. The van der Waals surface area contributed by atoms with Crippen LogP contribution in [0.3, 0.4) is 0 Å². The molecule has 116 valence electrons. The van der Waals surface area contributed by atoms with Crippen LogP contribution in [0.1, 0.15) is 26.6 Å². The number of rotatable bonds is 6. The number of nitrogens with zero attached hydrogens (tertiary/aromatic N) is 1. The van der Waals surface area contributed by atoms with Crippen LogP contribution in [0.15, 0.2) is 34.9 Å². The molecular weight excluding hydrogens is 286 g/mol. The summed E-state index contributed by atoms with van der Waals surface area (Å²) in [5, 5.41) is 9.02. The van der Waals surface area contributed by atoms with E-state index < -0.39 is 5.91 Å². The van der Waals surface area contributed by atoms with Gasteiger partial charge in [-0.25, -0.2) is 0 Å². The maximum atomic E-state index is 12.0. The summed E-state index contributed by atoms with van der Waals surface area (Å²) in [6.45, 7) is 2.58. The van der Waals surface area contributed by atoms with E-state index in [1.54, 1.807) is 38.3 Å². The number of aryl methyl sites for hydroxylation is 1. The Morgan fingerprint density at radius 2 is 2.09 bits per heavy atom. The number of nitrogens with one attached hydrogen (secondary N) is 2. The van der Waals surface area contributed by atoms with Crippen molar-refractivity contribution in [3.05, 3.63) is 47.3 Å². The molecule has 1 aromatic heterocycles. The van der Waals surface area contributed by atoms with Crippen molar-refractivity contribution in [2.75, 3.05) is 25.6 Å². The Morgan fingerprint density at radius 1 is 1.27 bits per heavy atom. The van der Waals surface area contributed by atoms with Gasteiger partial charge in [-0.3, -0.25) is 9.59 Å². The van der Waals surface area contributed by atoms with Gasteiger partial charge in [-0.1, -0.05) is 11.2 Å². The van der Waals surface area contributed by atoms with E-state index in [4.69, 9.17) is 9.26 Å². The van der Waals surface area contributed by atoms with Crippen molar-refractivity contribution in [1.29, 1.82) is 0 Å². The van der Waals surface area contributed by atoms with E-state index in [0.29, 0.717) is 30.1 Å². The van der Waals surface area contributed by atoms with Crippen LogP contribution in [-0.4, -0.2) is 37.2 Å². The Hall–Kier alpha value is -2.67. The molecule has 0 atom stereocenters. The summed E-state index contributed by atoms with van der Waals surface area (Å²) in [6, 6.07) is 8.16. The zero-order chi connectivity index (χ0) is 15.9. The monoisotopic (exact) mass is 303 g/mol. The number of anilines is 1. The average molecular weight is 303 g/mol. The van der Waals surface area contributed by atoms with Crippen LogP contribution in [-0.2, 0) is 4.74 Å². The molecule has 0 fully saturated rings. The van der Waals surface area contributed by atoms with Crippen molar-refractivity contribution in [3.8, 4) is 0 Å². The van der Waals surface area contributed by atoms with Crippen LogP contribution in [0.5, 0.6) is 0 Å². The minimum absolute atomic E-state index is 0.118. The number of benzene rings is 1. The highest BCUT2D eigenvalue weighted by atomic mass is 16.5. The summed E-state index contributed by atoms with van der Waals surface area (Å²) in [7, 11) is 1.56. The second kappa shape index (κ2) is 7.37. The number of carbonyl (C=O) groups is 2. The van der Waals surface area contributed by atoms with Crippen LogP contribution in [0.2, 0.25) is 0 Å². The Kier molecular flexibility index (Phi) is 5.26. The van der Waals surface area contributed by atoms with Crippen LogP contribution >= 0.6 is 0 Å². The van der Waals surface area contributed by atoms with Crippen LogP contribution in [0.4, 0.5) is 5.69 Å². The summed E-state index contributed by atoms with van der Waals surface area (Å²) in [6.07, 6.45) is 0. The van der Waals surface area contributed by atoms with Crippen molar-refractivity contribution in [2.45, 2.75) is 6.92 Å². The third-order valence-corrected chi connectivity index (χ3v) is 2.83. The van der Waals surface area contributed by atoms with Gasteiger partial charge in [0, 0.05) is 31.0 Å². The lowest BCUT2D eigenvalue weighted by Gasteiger charge is -2.07. The first-order chi connectivity index (χ1) is 10.6. The number of hydrogen-bond donors (Lipinski definition) is 2. The van der Waals surface area contributed by atoms with Crippen molar-refractivity contribution in [2.24, 2.45) is 0 Å². The number of methoxy groups -OCH3 is 1. The highest BCUT2D eigenvalue weighted by Crippen LogP contribution is 2.13. The molecule has 0 aliphatic carbocycles.